The number of ether oxygens (including phenoxy) is 1. The van der Waals surface area contributed by atoms with Crippen LogP contribution in [0.5, 0.6) is 0 Å². The zero-order valence-electron chi connectivity index (χ0n) is 11.7. The van der Waals surface area contributed by atoms with E-state index in [0.29, 0.717) is 0 Å². The average Bonchev–Trinajstić information content (AvgIpc) is 2.38. The summed E-state index contributed by atoms with van der Waals surface area (Å²) in [4.78, 5) is 34.5. The molecular formula is C13H13Cl2FN2O4. The topological polar surface area (TPSA) is 98.5 Å². The van der Waals surface area contributed by atoms with Crippen molar-refractivity contribution >= 4 is 41.1 Å². The fraction of sp³-hybridized carbons (Fsp3) is 0.308. The van der Waals surface area contributed by atoms with E-state index in [4.69, 9.17) is 33.7 Å². The molecule has 120 valence electrons. The number of amides is 3. The molecule has 1 aromatic carbocycles. The van der Waals surface area contributed by atoms with Crippen LogP contribution in [0.2, 0.25) is 10.0 Å². The Morgan fingerprint density at radius 2 is 1.82 bits per heavy atom. The lowest BCUT2D eigenvalue weighted by molar-refractivity contribution is -0.130. The summed E-state index contributed by atoms with van der Waals surface area (Å²) in [6, 6.07) is 0.765. The zero-order chi connectivity index (χ0) is 17.0. The number of rotatable bonds is 4. The highest BCUT2D eigenvalue weighted by Crippen LogP contribution is 2.25. The quantitative estimate of drug-likeness (QED) is 0.643. The van der Waals surface area contributed by atoms with Crippen LogP contribution < -0.4 is 11.1 Å². The van der Waals surface area contributed by atoms with E-state index in [0.717, 1.165) is 12.1 Å². The third kappa shape index (κ3) is 4.57. The molecule has 0 unspecified atom stereocenters. The highest BCUT2D eigenvalue weighted by atomic mass is 35.5. The van der Waals surface area contributed by atoms with E-state index in [-0.39, 0.29) is 15.6 Å². The van der Waals surface area contributed by atoms with Gasteiger partial charge in [-0.3, -0.25) is 10.1 Å². The number of primary amides is 1. The highest BCUT2D eigenvalue weighted by molar-refractivity contribution is 6.36. The molecule has 1 atom stereocenters. The minimum atomic E-state index is -1.30. The Kier molecular flexibility index (Phi) is 6.13. The normalized spacial score (nSPS) is 11.9. The van der Waals surface area contributed by atoms with Crippen molar-refractivity contribution < 1.29 is 23.5 Å². The fourth-order valence-electron chi connectivity index (χ4n) is 1.54. The predicted molar refractivity (Wildman–Crippen MR) is 78.2 cm³/mol. The Hall–Kier alpha value is -1.86. The Labute approximate surface area is 135 Å². The number of nitrogens with one attached hydrogen (secondary N) is 1. The lowest BCUT2D eigenvalue weighted by atomic mass is 10.1. The number of carbonyl (C=O) groups is 3. The van der Waals surface area contributed by atoms with Gasteiger partial charge in [-0.2, -0.15) is 0 Å². The molecule has 6 nitrogen and oxygen atoms in total. The molecule has 0 spiro atoms. The molecule has 0 aliphatic rings. The van der Waals surface area contributed by atoms with Crippen LogP contribution in [0.3, 0.4) is 0 Å². The summed E-state index contributed by atoms with van der Waals surface area (Å²) in [5.74, 6) is -3.24. The van der Waals surface area contributed by atoms with E-state index in [1.807, 2.05) is 5.32 Å². The molecule has 0 bridgehead atoms. The molecule has 1 aromatic rings. The van der Waals surface area contributed by atoms with Crippen LogP contribution in [0.15, 0.2) is 12.1 Å². The van der Waals surface area contributed by atoms with Crippen molar-refractivity contribution in [2.24, 2.45) is 11.7 Å². The molecule has 9 heteroatoms. The van der Waals surface area contributed by atoms with Crippen LogP contribution >= 0.6 is 23.2 Å². The van der Waals surface area contributed by atoms with Gasteiger partial charge in [0.15, 0.2) is 6.10 Å². The average molecular weight is 351 g/mol. The van der Waals surface area contributed by atoms with Crippen LogP contribution in [0.4, 0.5) is 9.18 Å². The number of hydrogen-bond donors (Lipinski definition) is 2. The summed E-state index contributed by atoms with van der Waals surface area (Å²) in [6.07, 6.45) is -1.30. The molecule has 0 aromatic heterocycles. The Morgan fingerprint density at radius 1 is 1.23 bits per heavy atom. The number of carbonyl (C=O) groups excluding carboxylic acids is 3. The van der Waals surface area contributed by atoms with Gasteiger partial charge in [-0.15, -0.1) is 0 Å². The largest absolute Gasteiger partial charge is 0.448 e. The molecule has 0 saturated carbocycles. The van der Waals surface area contributed by atoms with Gasteiger partial charge in [0, 0.05) is 0 Å². The summed E-state index contributed by atoms with van der Waals surface area (Å²) in [5.41, 5.74) is 4.55. The molecule has 0 saturated heterocycles. The van der Waals surface area contributed by atoms with Crippen molar-refractivity contribution in [3.63, 3.8) is 0 Å². The molecule has 0 heterocycles. The maximum Gasteiger partial charge on any atom is 0.340 e. The van der Waals surface area contributed by atoms with Gasteiger partial charge in [0.25, 0.3) is 5.91 Å². The van der Waals surface area contributed by atoms with Gasteiger partial charge in [0.05, 0.1) is 15.6 Å². The van der Waals surface area contributed by atoms with Gasteiger partial charge >= 0.3 is 12.0 Å². The first-order valence-corrected chi connectivity index (χ1v) is 6.85. The molecule has 0 aliphatic carbocycles. The van der Waals surface area contributed by atoms with Crippen molar-refractivity contribution in [1.82, 2.24) is 5.32 Å². The maximum atomic E-state index is 13.4. The number of benzene rings is 1. The summed E-state index contributed by atoms with van der Waals surface area (Å²) < 4.78 is 18.4. The van der Waals surface area contributed by atoms with Gasteiger partial charge in [-0.1, -0.05) is 37.0 Å². The van der Waals surface area contributed by atoms with Crippen LogP contribution in [-0.2, 0) is 9.53 Å². The van der Waals surface area contributed by atoms with Crippen molar-refractivity contribution in [2.75, 3.05) is 0 Å². The molecule has 0 fully saturated rings. The number of halogens is 3. The SMILES string of the molecule is CC(C)[C@@H](OC(=O)c1cc(F)c(Cl)cc1Cl)C(=O)NC(N)=O. The van der Waals surface area contributed by atoms with Crippen LogP contribution in [0.25, 0.3) is 0 Å². The molecular weight excluding hydrogens is 338 g/mol. The number of nitrogens with two attached hydrogens (primary N) is 1. The number of urea groups is 1. The van der Waals surface area contributed by atoms with E-state index in [1.165, 1.54) is 0 Å². The molecule has 0 radical (unpaired) electrons. The van der Waals surface area contributed by atoms with Crippen molar-refractivity contribution in [1.29, 1.82) is 0 Å². The summed E-state index contributed by atoms with van der Waals surface area (Å²) in [7, 11) is 0. The van der Waals surface area contributed by atoms with E-state index in [1.54, 1.807) is 13.8 Å². The fourth-order valence-corrected chi connectivity index (χ4v) is 2.00. The second-order valence-corrected chi connectivity index (χ2v) is 5.48. The third-order valence-corrected chi connectivity index (χ3v) is 3.18. The van der Waals surface area contributed by atoms with Crippen LogP contribution in [-0.4, -0.2) is 24.0 Å². The molecule has 0 aliphatic heterocycles. The molecule has 22 heavy (non-hydrogen) atoms. The number of esters is 1. The smallest absolute Gasteiger partial charge is 0.340 e. The minimum Gasteiger partial charge on any atom is -0.448 e. The van der Waals surface area contributed by atoms with Crippen LogP contribution in [0.1, 0.15) is 24.2 Å². The monoisotopic (exact) mass is 350 g/mol. The predicted octanol–water partition coefficient (Wildman–Crippen LogP) is 2.51. The lowest BCUT2D eigenvalue weighted by Gasteiger charge is -2.20. The van der Waals surface area contributed by atoms with Crippen molar-refractivity contribution in [2.45, 2.75) is 20.0 Å². The first kappa shape index (κ1) is 18.2. The van der Waals surface area contributed by atoms with Crippen molar-refractivity contribution in [3.8, 4) is 0 Å². The molecule has 1 rings (SSSR count). The second kappa shape index (κ2) is 7.42. The van der Waals surface area contributed by atoms with Gasteiger partial charge < -0.3 is 10.5 Å². The first-order chi connectivity index (χ1) is 10.1. The lowest BCUT2D eigenvalue weighted by Crippen LogP contribution is -2.45. The van der Waals surface area contributed by atoms with Crippen LogP contribution in [0, 0.1) is 11.7 Å². The van der Waals surface area contributed by atoms with Crippen molar-refractivity contribution in [3.05, 3.63) is 33.6 Å². The van der Waals surface area contributed by atoms with E-state index < -0.39 is 35.7 Å². The first-order valence-electron chi connectivity index (χ1n) is 6.09. The zero-order valence-corrected chi connectivity index (χ0v) is 13.2. The third-order valence-electron chi connectivity index (χ3n) is 2.57. The van der Waals surface area contributed by atoms with Gasteiger partial charge in [-0.05, 0) is 18.1 Å². The number of hydrogen-bond acceptors (Lipinski definition) is 4. The standard InChI is InChI=1S/C13H13Cl2FN2O4/c1-5(2)10(11(19)18-13(17)21)22-12(20)6-3-9(16)8(15)4-7(6)14/h3-5,10H,1-2H3,(H3,17,18,19,21)/t10-/m1/s1. The Morgan fingerprint density at radius 3 is 2.32 bits per heavy atom. The highest BCUT2D eigenvalue weighted by Gasteiger charge is 2.29. The Bertz CT molecular complexity index is 622. The second-order valence-electron chi connectivity index (χ2n) is 4.67. The minimum absolute atomic E-state index is 0.130. The molecule has 3 amide bonds. The summed E-state index contributed by atoms with van der Waals surface area (Å²) in [6.45, 7) is 3.17. The van der Waals surface area contributed by atoms with Gasteiger partial charge in [0.2, 0.25) is 0 Å². The number of imide groups is 1. The van der Waals surface area contributed by atoms with E-state index in [9.17, 15) is 18.8 Å². The Balaban J connectivity index is 2.99. The van der Waals surface area contributed by atoms with E-state index in [2.05, 4.69) is 0 Å². The maximum absolute atomic E-state index is 13.4. The molecule has 3 N–H and O–H groups in total. The van der Waals surface area contributed by atoms with E-state index >= 15 is 0 Å². The summed E-state index contributed by atoms with van der Waals surface area (Å²) >= 11 is 11.3. The summed E-state index contributed by atoms with van der Waals surface area (Å²) in [5, 5.41) is 1.42. The van der Waals surface area contributed by atoms with Gasteiger partial charge in [0.1, 0.15) is 5.82 Å². The van der Waals surface area contributed by atoms with Gasteiger partial charge in [-0.25, -0.2) is 14.0 Å².